The molecule has 0 aliphatic carbocycles. The molecule has 7 heteroatoms. The summed E-state index contributed by atoms with van der Waals surface area (Å²) in [5.74, 6) is -0.825. The van der Waals surface area contributed by atoms with E-state index >= 15 is 0 Å². The molecule has 2 amide bonds. The molecule has 0 unspecified atom stereocenters. The highest BCUT2D eigenvalue weighted by molar-refractivity contribution is 7.12. The first-order valence-corrected chi connectivity index (χ1v) is 7.04. The Morgan fingerprint density at radius 2 is 1.67 bits per heavy atom. The van der Waals surface area contributed by atoms with E-state index in [0.29, 0.717) is 12.2 Å². The summed E-state index contributed by atoms with van der Waals surface area (Å²) in [6, 6.07) is 10.3. The number of nitrogens with two attached hydrogens (primary N) is 1. The molecule has 0 bridgehead atoms. The van der Waals surface area contributed by atoms with Crippen molar-refractivity contribution in [1.29, 1.82) is 0 Å². The Morgan fingerprint density at radius 1 is 1.05 bits per heavy atom. The normalized spacial score (nSPS) is 10.1. The fourth-order valence-corrected chi connectivity index (χ4v) is 2.71. The third-order valence-electron chi connectivity index (χ3n) is 2.66. The molecule has 2 rings (SSSR count). The largest absolute Gasteiger partial charge is 0.481 e. The molecule has 6 nitrogen and oxygen atoms in total. The number of aliphatic carboxylic acids is 1. The number of carbonyl (C=O) groups is 2. The number of amides is 2. The summed E-state index contributed by atoms with van der Waals surface area (Å²) < 4.78 is 0. The highest BCUT2D eigenvalue weighted by Crippen LogP contribution is 2.19. The lowest BCUT2D eigenvalue weighted by molar-refractivity contribution is -0.136. The summed E-state index contributed by atoms with van der Waals surface area (Å²) in [7, 11) is 0. The molecule has 0 atom stereocenters. The summed E-state index contributed by atoms with van der Waals surface area (Å²) in [6.45, 7) is 0.618. The molecule has 1 heterocycles. The van der Waals surface area contributed by atoms with Gasteiger partial charge in [0.1, 0.15) is 0 Å². The van der Waals surface area contributed by atoms with Crippen molar-refractivity contribution in [2.45, 2.75) is 13.0 Å². The number of carboxylic acids is 1. The Balaban J connectivity index is 1.89. The molecule has 1 aromatic carbocycles. The van der Waals surface area contributed by atoms with Crippen LogP contribution in [0.1, 0.15) is 9.75 Å². The van der Waals surface area contributed by atoms with Crippen molar-refractivity contribution >= 4 is 34.7 Å². The van der Waals surface area contributed by atoms with E-state index in [1.807, 2.05) is 24.3 Å². The Morgan fingerprint density at radius 3 is 2.29 bits per heavy atom. The number of thiophene rings is 1. The monoisotopic (exact) mass is 305 g/mol. The van der Waals surface area contributed by atoms with Crippen LogP contribution in [-0.4, -0.2) is 17.1 Å². The Hall–Kier alpha value is -2.54. The van der Waals surface area contributed by atoms with Gasteiger partial charge in [0.15, 0.2) is 0 Å². The van der Waals surface area contributed by atoms with E-state index in [1.165, 1.54) is 11.3 Å². The number of carbonyl (C=O) groups excluding carboxylic acids is 1. The maximum absolute atomic E-state index is 10.7. The van der Waals surface area contributed by atoms with E-state index < -0.39 is 12.0 Å². The number of hydrogen-bond acceptors (Lipinski definition) is 4. The average Bonchev–Trinajstić information content (AvgIpc) is 2.84. The van der Waals surface area contributed by atoms with Gasteiger partial charge >= 0.3 is 12.0 Å². The molecule has 21 heavy (non-hydrogen) atoms. The highest BCUT2D eigenvalue weighted by atomic mass is 32.1. The van der Waals surface area contributed by atoms with Gasteiger partial charge in [0.05, 0.1) is 6.42 Å². The first kappa shape index (κ1) is 14.9. The lowest BCUT2D eigenvalue weighted by Crippen LogP contribution is -2.19. The second kappa shape index (κ2) is 6.76. The van der Waals surface area contributed by atoms with Gasteiger partial charge in [-0.05, 0) is 36.4 Å². The molecule has 0 aliphatic rings. The number of nitrogens with one attached hydrogen (secondary N) is 2. The molecular weight excluding hydrogens is 290 g/mol. The average molecular weight is 305 g/mol. The van der Waals surface area contributed by atoms with Crippen molar-refractivity contribution in [3.05, 3.63) is 46.2 Å². The summed E-state index contributed by atoms with van der Waals surface area (Å²) in [5.41, 5.74) is 6.56. The van der Waals surface area contributed by atoms with Crippen LogP contribution in [0.2, 0.25) is 0 Å². The molecule has 0 saturated carbocycles. The van der Waals surface area contributed by atoms with Crippen LogP contribution >= 0.6 is 11.3 Å². The summed E-state index contributed by atoms with van der Waals surface area (Å²) in [4.78, 5) is 23.2. The SMILES string of the molecule is NC(=O)Nc1ccc(NCc2ccc(CC(=O)O)s2)cc1. The van der Waals surface area contributed by atoms with Crippen LogP contribution in [0.15, 0.2) is 36.4 Å². The van der Waals surface area contributed by atoms with Crippen LogP contribution in [0.25, 0.3) is 0 Å². The highest BCUT2D eigenvalue weighted by Gasteiger charge is 2.04. The van der Waals surface area contributed by atoms with Crippen molar-refractivity contribution in [3.63, 3.8) is 0 Å². The van der Waals surface area contributed by atoms with Gasteiger partial charge in [0.2, 0.25) is 0 Å². The maximum atomic E-state index is 10.7. The molecule has 5 N–H and O–H groups in total. The lowest BCUT2D eigenvalue weighted by atomic mass is 10.2. The van der Waals surface area contributed by atoms with E-state index in [-0.39, 0.29) is 6.42 Å². The van der Waals surface area contributed by atoms with Gasteiger partial charge in [-0.3, -0.25) is 4.79 Å². The molecule has 110 valence electrons. The molecule has 0 spiro atoms. The summed E-state index contributed by atoms with van der Waals surface area (Å²) >= 11 is 1.48. The number of urea groups is 1. The van der Waals surface area contributed by atoms with Gasteiger partial charge in [-0.25, -0.2) is 4.79 Å². The van der Waals surface area contributed by atoms with E-state index in [0.717, 1.165) is 15.4 Å². The number of benzene rings is 1. The van der Waals surface area contributed by atoms with Crippen molar-refractivity contribution in [1.82, 2.24) is 0 Å². The van der Waals surface area contributed by atoms with E-state index in [1.54, 1.807) is 12.1 Å². The van der Waals surface area contributed by atoms with E-state index in [4.69, 9.17) is 10.8 Å². The number of hydrogen-bond donors (Lipinski definition) is 4. The minimum atomic E-state index is -0.825. The topological polar surface area (TPSA) is 104 Å². The molecule has 0 aliphatic heterocycles. The standard InChI is InChI=1S/C14H15N3O3S/c15-14(20)17-10-3-1-9(2-4-10)16-8-12-6-5-11(21-12)7-13(18)19/h1-6,16H,7-8H2,(H,18,19)(H3,15,17,20). The predicted octanol–water partition coefficient (Wildman–Crippen LogP) is 2.48. The van der Waals surface area contributed by atoms with Gasteiger partial charge in [0.25, 0.3) is 0 Å². The fraction of sp³-hybridized carbons (Fsp3) is 0.143. The smallest absolute Gasteiger partial charge is 0.316 e. The third kappa shape index (κ3) is 4.81. The van der Waals surface area contributed by atoms with Crippen LogP contribution in [0.3, 0.4) is 0 Å². The van der Waals surface area contributed by atoms with Crippen molar-refractivity contribution < 1.29 is 14.7 Å². The predicted molar refractivity (Wildman–Crippen MR) is 82.6 cm³/mol. The number of anilines is 2. The van der Waals surface area contributed by atoms with E-state index in [9.17, 15) is 9.59 Å². The molecular formula is C14H15N3O3S. The van der Waals surface area contributed by atoms with Crippen LogP contribution < -0.4 is 16.4 Å². The summed E-state index contributed by atoms with van der Waals surface area (Å²) in [5, 5.41) is 14.4. The third-order valence-corrected chi connectivity index (χ3v) is 3.75. The zero-order valence-electron chi connectivity index (χ0n) is 11.1. The minimum Gasteiger partial charge on any atom is -0.481 e. The van der Waals surface area contributed by atoms with Crippen LogP contribution in [-0.2, 0) is 17.8 Å². The lowest BCUT2D eigenvalue weighted by Gasteiger charge is -2.06. The van der Waals surface area contributed by atoms with E-state index in [2.05, 4.69) is 10.6 Å². The van der Waals surface area contributed by atoms with Crippen molar-refractivity contribution in [3.8, 4) is 0 Å². The minimum absolute atomic E-state index is 0.0537. The molecule has 0 radical (unpaired) electrons. The second-order valence-electron chi connectivity index (χ2n) is 4.36. The quantitative estimate of drug-likeness (QED) is 0.658. The zero-order chi connectivity index (χ0) is 15.2. The number of primary amides is 1. The second-order valence-corrected chi connectivity index (χ2v) is 5.61. The zero-order valence-corrected chi connectivity index (χ0v) is 11.9. The Kier molecular flexibility index (Phi) is 4.78. The first-order valence-electron chi connectivity index (χ1n) is 6.23. The molecule has 2 aromatic rings. The van der Waals surface area contributed by atoms with Crippen molar-refractivity contribution in [2.24, 2.45) is 5.73 Å². The number of carboxylic acid groups (broad SMARTS) is 1. The molecule has 1 aromatic heterocycles. The van der Waals surface area contributed by atoms with Crippen LogP contribution in [0, 0.1) is 0 Å². The maximum Gasteiger partial charge on any atom is 0.316 e. The number of rotatable bonds is 6. The van der Waals surface area contributed by atoms with Crippen LogP contribution in [0.5, 0.6) is 0 Å². The Labute approximate surface area is 125 Å². The fourth-order valence-electron chi connectivity index (χ4n) is 1.76. The van der Waals surface area contributed by atoms with Gasteiger partial charge in [-0.1, -0.05) is 0 Å². The van der Waals surface area contributed by atoms with Gasteiger partial charge < -0.3 is 21.5 Å². The van der Waals surface area contributed by atoms with Crippen LogP contribution in [0.4, 0.5) is 16.2 Å². The van der Waals surface area contributed by atoms with Crippen molar-refractivity contribution in [2.75, 3.05) is 10.6 Å². The van der Waals surface area contributed by atoms with Gasteiger partial charge in [0, 0.05) is 27.7 Å². The Bertz CT molecular complexity index is 637. The first-order chi connectivity index (χ1) is 10.0. The van der Waals surface area contributed by atoms with Gasteiger partial charge in [-0.15, -0.1) is 11.3 Å². The molecule has 0 fully saturated rings. The van der Waals surface area contributed by atoms with Gasteiger partial charge in [-0.2, -0.15) is 0 Å². The summed E-state index contributed by atoms with van der Waals surface area (Å²) in [6.07, 6.45) is 0.0537. The molecule has 0 saturated heterocycles.